The molecule has 27 heavy (non-hydrogen) atoms. The summed E-state index contributed by atoms with van der Waals surface area (Å²) in [7, 11) is 1.64. The number of aromatic amines is 1. The van der Waals surface area contributed by atoms with Crippen molar-refractivity contribution in [3.63, 3.8) is 0 Å². The lowest BCUT2D eigenvalue weighted by Crippen LogP contribution is -2.19. The first-order valence-electron chi connectivity index (χ1n) is 8.29. The Bertz CT molecular complexity index is 1100. The Kier molecular flexibility index (Phi) is 4.18. The predicted molar refractivity (Wildman–Crippen MR) is 105 cm³/mol. The van der Waals surface area contributed by atoms with E-state index in [4.69, 9.17) is 10.5 Å². The summed E-state index contributed by atoms with van der Waals surface area (Å²) >= 11 is 0. The zero-order valence-electron chi connectivity index (χ0n) is 14.6. The van der Waals surface area contributed by atoms with Crippen LogP contribution in [0.2, 0.25) is 0 Å². The third-order valence-electron chi connectivity index (χ3n) is 4.27. The number of methoxy groups -OCH3 is 1. The Hall–Kier alpha value is -3.87. The Balaban J connectivity index is 1.72. The van der Waals surface area contributed by atoms with Gasteiger partial charge in [0.2, 0.25) is 0 Å². The molecule has 0 bridgehead atoms. The zero-order valence-corrected chi connectivity index (χ0v) is 14.6. The number of hydrogen-bond donors (Lipinski definition) is 3. The Morgan fingerprint density at radius 1 is 1.04 bits per heavy atom. The number of nitrogens with two attached hydrogens (primary N) is 1. The molecule has 0 atom stereocenters. The number of hydrogen-bond acceptors (Lipinski definition) is 4. The standard InChI is InChI=1S/C20H17N5O2/c1-27-16-8-4-13(5-9-16)18-17-10-14(11-22-19(17)25-24-18)12-2-6-15(7-3-12)23-20(21)26/h2-11H,1H3,(H3,21,23,26)(H,22,24,25). The van der Waals surface area contributed by atoms with Gasteiger partial charge in [0, 0.05) is 28.4 Å². The molecule has 7 nitrogen and oxygen atoms in total. The fraction of sp³-hybridized carbons (Fsp3) is 0.0500. The fourth-order valence-corrected chi connectivity index (χ4v) is 2.92. The number of ether oxygens (including phenoxy) is 1. The normalized spacial score (nSPS) is 10.7. The molecule has 4 aromatic rings. The molecule has 0 spiro atoms. The highest BCUT2D eigenvalue weighted by atomic mass is 16.5. The number of primary amides is 1. The van der Waals surface area contributed by atoms with Crippen molar-refractivity contribution < 1.29 is 9.53 Å². The number of fused-ring (bicyclic) bond motifs is 1. The molecular formula is C20H17N5O2. The van der Waals surface area contributed by atoms with Crippen molar-refractivity contribution >= 4 is 22.8 Å². The van der Waals surface area contributed by atoms with Crippen molar-refractivity contribution in [3.8, 4) is 28.1 Å². The van der Waals surface area contributed by atoms with E-state index in [1.54, 1.807) is 25.4 Å². The van der Waals surface area contributed by atoms with Gasteiger partial charge in [-0.2, -0.15) is 5.10 Å². The number of H-pyrrole nitrogens is 1. The predicted octanol–water partition coefficient (Wildman–Crippen LogP) is 3.79. The number of pyridine rings is 1. The van der Waals surface area contributed by atoms with Crippen molar-refractivity contribution in [1.29, 1.82) is 0 Å². The Morgan fingerprint density at radius 2 is 1.74 bits per heavy atom. The largest absolute Gasteiger partial charge is 0.497 e. The van der Waals surface area contributed by atoms with Crippen LogP contribution < -0.4 is 15.8 Å². The van der Waals surface area contributed by atoms with E-state index >= 15 is 0 Å². The first-order chi connectivity index (χ1) is 13.1. The monoisotopic (exact) mass is 359 g/mol. The van der Waals surface area contributed by atoms with Crippen LogP contribution in [0, 0.1) is 0 Å². The molecule has 0 aliphatic heterocycles. The lowest BCUT2D eigenvalue weighted by molar-refractivity contribution is 0.259. The van der Waals surface area contributed by atoms with E-state index in [0.717, 1.165) is 39.2 Å². The van der Waals surface area contributed by atoms with Crippen LogP contribution in [0.5, 0.6) is 5.75 Å². The summed E-state index contributed by atoms with van der Waals surface area (Å²) in [5.74, 6) is 0.794. The summed E-state index contributed by atoms with van der Waals surface area (Å²) in [6.07, 6.45) is 1.79. The van der Waals surface area contributed by atoms with E-state index in [1.807, 2.05) is 42.5 Å². The molecule has 4 N–H and O–H groups in total. The first-order valence-corrected chi connectivity index (χ1v) is 8.29. The highest BCUT2D eigenvalue weighted by Gasteiger charge is 2.11. The number of carbonyl (C=O) groups is 1. The fourth-order valence-electron chi connectivity index (χ4n) is 2.92. The number of anilines is 1. The molecule has 0 aliphatic carbocycles. The maximum absolute atomic E-state index is 10.9. The van der Waals surface area contributed by atoms with E-state index in [1.165, 1.54) is 0 Å². The second-order valence-corrected chi connectivity index (χ2v) is 5.99. The molecule has 4 rings (SSSR count). The minimum atomic E-state index is -0.589. The van der Waals surface area contributed by atoms with Crippen molar-refractivity contribution in [2.45, 2.75) is 0 Å². The molecule has 134 valence electrons. The van der Waals surface area contributed by atoms with Crippen LogP contribution in [-0.4, -0.2) is 28.3 Å². The molecule has 0 saturated carbocycles. The molecule has 2 heterocycles. The zero-order chi connectivity index (χ0) is 18.8. The summed E-state index contributed by atoms with van der Waals surface area (Å²) in [5, 5.41) is 10.9. The van der Waals surface area contributed by atoms with Gasteiger partial charge in [-0.25, -0.2) is 9.78 Å². The lowest BCUT2D eigenvalue weighted by Gasteiger charge is -2.05. The van der Waals surface area contributed by atoms with Crippen LogP contribution in [0.15, 0.2) is 60.8 Å². The molecule has 7 heteroatoms. The van der Waals surface area contributed by atoms with Crippen LogP contribution in [0.4, 0.5) is 10.5 Å². The number of nitrogens with one attached hydrogen (secondary N) is 2. The van der Waals surface area contributed by atoms with Crippen LogP contribution in [-0.2, 0) is 0 Å². The molecule has 2 aromatic carbocycles. The lowest BCUT2D eigenvalue weighted by atomic mass is 10.0. The van der Waals surface area contributed by atoms with Crippen molar-refractivity contribution in [1.82, 2.24) is 15.2 Å². The summed E-state index contributed by atoms with van der Waals surface area (Å²) in [6, 6.07) is 16.6. The van der Waals surface area contributed by atoms with Gasteiger partial charge in [0.15, 0.2) is 5.65 Å². The SMILES string of the molecule is COc1ccc(-c2n[nH]c3ncc(-c4ccc(NC(N)=O)cc4)cc23)cc1. The van der Waals surface area contributed by atoms with Gasteiger partial charge in [0.1, 0.15) is 11.4 Å². The van der Waals surface area contributed by atoms with Gasteiger partial charge in [-0.3, -0.25) is 5.10 Å². The average Bonchev–Trinajstić information content (AvgIpc) is 3.11. The van der Waals surface area contributed by atoms with Gasteiger partial charge in [0.05, 0.1) is 7.11 Å². The summed E-state index contributed by atoms with van der Waals surface area (Å²) in [4.78, 5) is 15.4. The van der Waals surface area contributed by atoms with Crippen molar-refractivity contribution in [3.05, 3.63) is 60.8 Å². The summed E-state index contributed by atoms with van der Waals surface area (Å²) < 4.78 is 5.21. The van der Waals surface area contributed by atoms with Gasteiger partial charge >= 0.3 is 6.03 Å². The highest BCUT2D eigenvalue weighted by Crippen LogP contribution is 2.30. The van der Waals surface area contributed by atoms with Gasteiger partial charge in [-0.1, -0.05) is 12.1 Å². The van der Waals surface area contributed by atoms with Gasteiger partial charge in [-0.15, -0.1) is 0 Å². The minimum Gasteiger partial charge on any atom is -0.497 e. The van der Waals surface area contributed by atoms with Crippen molar-refractivity contribution in [2.75, 3.05) is 12.4 Å². The van der Waals surface area contributed by atoms with E-state index < -0.39 is 6.03 Å². The third-order valence-corrected chi connectivity index (χ3v) is 4.27. The number of nitrogens with zero attached hydrogens (tertiary/aromatic N) is 2. The molecule has 0 radical (unpaired) electrons. The summed E-state index contributed by atoms with van der Waals surface area (Å²) in [5.41, 5.74) is 10.2. The maximum Gasteiger partial charge on any atom is 0.316 e. The Labute approximate surface area is 155 Å². The molecule has 0 saturated heterocycles. The van der Waals surface area contributed by atoms with E-state index in [-0.39, 0.29) is 0 Å². The third kappa shape index (κ3) is 3.30. The molecular weight excluding hydrogens is 342 g/mol. The molecule has 0 unspecified atom stereocenters. The number of aromatic nitrogens is 3. The molecule has 2 amide bonds. The Morgan fingerprint density at radius 3 is 2.41 bits per heavy atom. The van der Waals surface area contributed by atoms with Crippen LogP contribution in [0.1, 0.15) is 0 Å². The maximum atomic E-state index is 10.9. The topological polar surface area (TPSA) is 106 Å². The number of rotatable bonds is 4. The first kappa shape index (κ1) is 16.6. The van der Waals surface area contributed by atoms with Gasteiger partial charge < -0.3 is 15.8 Å². The number of benzene rings is 2. The number of urea groups is 1. The van der Waals surface area contributed by atoms with Crippen LogP contribution in [0.25, 0.3) is 33.4 Å². The minimum absolute atomic E-state index is 0.589. The van der Waals surface area contributed by atoms with Gasteiger partial charge in [-0.05, 0) is 48.0 Å². The van der Waals surface area contributed by atoms with Crippen LogP contribution >= 0.6 is 0 Å². The van der Waals surface area contributed by atoms with Crippen LogP contribution in [0.3, 0.4) is 0 Å². The van der Waals surface area contributed by atoms with E-state index in [0.29, 0.717) is 5.69 Å². The van der Waals surface area contributed by atoms with E-state index in [2.05, 4.69) is 20.5 Å². The van der Waals surface area contributed by atoms with Crippen molar-refractivity contribution in [2.24, 2.45) is 5.73 Å². The second kappa shape index (κ2) is 6.80. The van der Waals surface area contributed by atoms with E-state index in [9.17, 15) is 4.79 Å². The smallest absolute Gasteiger partial charge is 0.316 e. The highest BCUT2D eigenvalue weighted by molar-refractivity contribution is 5.93. The quantitative estimate of drug-likeness (QED) is 0.515. The molecule has 0 fully saturated rings. The van der Waals surface area contributed by atoms with Gasteiger partial charge in [0.25, 0.3) is 0 Å². The average molecular weight is 359 g/mol. The molecule has 0 aliphatic rings. The number of amides is 2. The molecule has 2 aromatic heterocycles. The number of carbonyl (C=O) groups excluding carboxylic acids is 1. The second-order valence-electron chi connectivity index (χ2n) is 5.99. The summed E-state index contributed by atoms with van der Waals surface area (Å²) in [6.45, 7) is 0.